The van der Waals surface area contributed by atoms with E-state index >= 15 is 0 Å². The quantitative estimate of drug-likeness (QED) is 0.730. The molecule has 0 radical (unpaired) electrons. The van der Waals surface area contributed by atoms with Gasteiger partial charge in [0.25, 0.3) is 5.91 Å². The molecule has 0 saturated heterocycles. The predicted molar refractivity (Wildman–Crippen MR) is 97.7 cm³/mol. The molecule has 1 amide bonds. The van der Waals surface area contributed by atoms with Crippen molar-refractivity contribution in [3.8, 4) is 17.2 Å². The van der Waals surface area contributed by atoms with Gasteiger partial charge in [-0.1, -0.05) is 12.1 Å². The molecule has 2 rings (SSSR count). The van der Waals surface area contributed by atoms with Crippen molar-refractivity contribution in [3.63, 3.8) is 0 Å². The standard InChI is InChI=1S/C20H23F2NO4/c1-12(2)26-17-9-8-14(11-18(17)25-4)13(3)23-19(24)15-6-5-7-16(10-15)27-20(21)22/h5-13,20H,1-4H3,(H,23,24). The molecule has 2 aromatic carbocycles. The molecule has 0 aliphatic carbocycles. The fourth-order valence-corrected chi connectivity index (χ4v) is 2.48. The number of rotatable bonds is 8. The highest BCUT2D eigenvalue weighted by Crippen LogP contribution is 2.31. The Balaban J connectivity index is 2.12. The lowest BCUT2D eigenvalue weighted by Gasteiger charge is -2.18. The van der Waals surface area contributed by atoms with Crippen molar-refractivity contribution in [2.45, 2.75) is 39.5 Å². The van der Waals surface area contributed by atoms with Gasteiger partial charge in [-0.15, -0.1) is 0 Å². The van der Waals surface area contributed by atoms with Crippen molar-refractivity contribution in [2.75, 3.05) is 7.11 Å². The van der Waals surface area contributed by atoms with Crippen LogP contribution in [0.4, 0.5) is 8.78 Å². The van der Waals surface area contributed by atoms with E-state index in [-0.39, 0.29) is 23.5 Å². The van der Waals surface area contributed by atoms with Gasteiger partial charge in [-0.25, -0.2) is 0 Å². The van der Waals surface area contributed by atoms with Crippen LogP contribution in [0.1, 0.15) is 42.7 Å². The van der Waals surface area contributed by atoms with Crippen molar-refractivity contribution in [3.05, 3.63) is 53.6 Å². The minimum atomic E-state index is -2.94. The van der Waals surface area contributed by atoms with Crippen LogP contribution >= 0.6 is 0 Å². The van der Waals surface area contributed by atoms with E-state index < -0.39 is 12.5 Å². The zero-order valence-corrected chi connectivity index (χ0v) is 15.7. The molecule has 0 aliphatic heterocycles. The summed E-state index contributed by atoms with van der Waals surface area (Å²) in [5.41, 5.74) is 1.04. The highest BCUT2D eigenvalue weighted by Gasteiger charge is 2.15. The van der Waals surface area contributed by atoms with Crippen molar-refractivity contribution in [1.29, 1.82) is 0 Å². The summed E-state index contributed by atoms with van der Waals surface area (Å²) in [6, 6.07) is 10.7. The second-order valence-electron chi connectivity index (χ2n) is 6.18. The van der Waals surface area contributed by atoms with E-state index in [2.05, 4.69) is 10.1 Å². The molecule has 0 aliphatic rings. The topological polar surface area (TPSA) is 56.8 Å². The molecule has 7 heteroatoms. The number of carbonyl (C=O) groups excluding carboxylic acids is 1. The van der Waals surface area contributed by atoms with Gasteiger partial charge in [0.05, 0.1) is 19.3 Å². The van der Waals surface area contributed by atoms with Crippen molar-refractivity contribution < 1.29 is 27.8 Å². The first-order valence-electron chi connectivity index (χ1n) is 8.50. The Morgan fingerprint density at radius 3 is 2.37 bits per heavy atom. The number of benzene rings is 2. The second kappa shape index (κ2) is 9.21. The third-order valence-electron chi connectivity index (χ3n) is 3.72. The lowest BCUT2D eigenvalue weighted by Crippen LogP contribution is -2.26. The van der Waals surface area contributed by atoms with Gasteiger partial charge in [0.15, 0.2) is 11.5 Å². The number of halogens is 2. The van der Waals surface area contributed by atoms with Gasteiger partial charge in [0.2, 0.25) is 0 Å². The Kier molecular flexibility index (Phi) is 6.98. The molecule has 146 valence electrons. The Bertz CT molecular complexity index is 780. The highest BCUT2D eigenvalue weighted by molar-refractivity contribution is 5.94. The average molecular weight is 379 g/mol. The number of hydrogen-bond donors (Lipinski definition) is 1. The summed E-state index contributed by atoms with van der Waals surface area (Å²) >= 11 is 0. The molecule has 0 aromatic heterocycles. The predicted octanol–water partition coefficient (Wildman–Crippen LogP) is 4.57. The minimum absolute atomic E-state index is 0.00427. The highest BCUT2D eigenvalue weighted by atomic mass is 19.3. The molecule has 0 fully saturated rings. The molecule has 1 N–H and O–H groups in total. The van der Waals surface area contributed by atoms with Crippen molar-refractivity contribution in [2.24, 2.45) is 0 Å². The van der Waals surface area contributed by atoms with Crippen LogP contribution in [0.25, 0.3) is 0 Å². The van der Waals surface area contributed by atoms with Crippen LogP contribution in [0.15, 0.2) is 42.5 Å². The first-order valence-corrected chi connectivity index (χ1v) is 8.50. The SMILES string of the molecule is COc1cc(C(C)NC(=O)c2cccc(OC(F)F)c2)ccc1OC(C)C. The van der Waals surface area contributed by atoms with Crippen LogP contribution in [-0.4, -0.2) is 25.7 Å². The number of alkyl halides is 2. The van der Waals surface area contributed by atoms with E-state index in [4.69, 9.17) is 9.47 Å². The van der Waals surface area contributed by atoms with Crippen molar-refractivity contribution >= 4 is 5.91 Å². The molecule has 2 aromatic rings. The molecule has 27 heavy (non-hydrogen) atoms. The summed E-state index contributed by atoms with van der Waals surface area (Å²) in [6.07, 6.45) is 0.00427. The Hall–Kier alpha value is -2.83. The number of nitrogens with one attached hydrogen (secondary N) is 1. The molecular weight excluding hydrogens is 356 g/mol. The summed E-state index contributed by atoms with van der Waals surface area (Å²) in [5.74, 6) is 0.715. The van der Waals surface area contributed by atoms with Gasteiger partial charge in [0.1, 0.15) is 5.75 Å². The van der Waals surface area contributed by atoms with E-state index in [1.165, 1.54) is 24.3 Å². The second-order valence-corrected chi connectivity index (χ2v) is 6.18. The normalized spacial score (nSPS) is 12.0. The lowest BCUT2D eigenvalue weighted by atomic mass is 10.1. The Morgan fingerprint density at radius 2 is 1.74 bits per heavy atom. The molecule has 0 bridgehead atoms. The number of ether oxygens (including phenoxy) is 3. The summed E-state index contributed by atoms with van der Waals surface area (Å²) in [4.78, 5) is 12.4. The van der Waals surface area contributed by atoms with Gasteiger partial charge < -0.3 is 19.5 Å². The van der Waals surface area contributed by atoms with Crippen LogP contribution in [-0.2, 0) is 0 Å². The zero-order valence-electron chi connectivity index (χ0n) is 15.7. The zero-order chi connectivity index (χ0) is 20.0. The van der Waals surface area contributed by atoms with E-state index in [0.717, 1.165) is 5.56 Å². The number of methoxy groups -OCH3 is 1. The monoisotopic (exact) mass is 379 g/mol. The number of carbonyl (C=O) groups is 1. The Morgan fingerprint density at radius 1 is 1.00 bits per heavy atom. The molecule has 0 spiro atoms. The molecule has 1 unspecified atom stereocenters. The first kappa shape index (κ1) is 20.5. The Labute approximate surface area is 157 Å². The first-order chi connectivity index (χ1) is 12.8. The third kappa shape index (κ3) is 5.84. The number of hydrogen-bond acceptors (Lipinski definition) is 4. The largest absolute Gasteiger partial charge is 0.493 e. The van der Waals surface area contributed by atoms with Gasteiger partial charge in [-0.05, 0) is 56.7 Å². The van der Waals surface area contributed by atoms with Gasteiger partial charge in [0, 0.05) is 5.56 Å². The molecule has 0 heterocycles. The molecule has 5 nitrogen and oxygen atoms in total. The van der Waals surface area contributed by atoms with Crippen LogP contribution in [0.2, 0.25) is 0 Å². The third-order valence-corrected chi connectivity index (χ3v) is 3.72. The van der Waals surface area contributed by atoms with E-state index in [9.17, 15) is 13.6 Å². The smallest absolute Gasteiger partial charge is 0.387 e. The number of amides is 1. The summed E-state index contributed by atoms with van der Waals surface area (Å²) < 4.78 is 40.0. The maximum atomic E-state index is 12.4. The van der Waals surface area contributed by atoms with Crippen LogP contribution in [0, 0.1) is 0 Å². The average Bonchev–Trinajstić information content (AvgIpc) is 2.61. The van der Waals surface area contributed by atoms with E-state index in [0.29, 0.717) is 11.5 Å². The molecular formula is C20H23F2NO4. The maximum absolute atomic E-state index is 12.4. The molecule has 0 saturated carbocycles. The molecule has 1 atom stereocenters. The van der Waals surface area contributed by atoms with Gasteiger partial charge in [-0.3, -0.25) is 4.79 Å². The fourth-order valence-electron chi connectivity index (χ4n) is 2.48. The summed E-state index contributed by atoms with van der Waals surface area (Å²) in [7, 11) is 1.55. The van der Waals surface area contributed by atoms with Crippen LogP contribution in [0.5, 0.6) is 17.2 Å². The van der Waals surface area contributed by atoms with Crippen LogP contribution < -0.4 is 19.5 Å². The minimum Gasteiger partial charge on any atom is -0.493 e. The summed E-state index contributed by atoms with van der Waals surface area (Å²) in [5, 5.41) is 2.83. The fraction of sp³-hybridized carbons (Fsp3) is 0.350. The van der Waals surface area contributed by atoms with Gasteiger partial charge >= 0.3 is 6.61 Å². The van der Waals surface area contributed by atoms with E-state index in [1.807, 2.05) is 26.8 Å². The van der Waals surface area contributed by atoms with Gasteiger partial charge in [-0.2, -0.15) is 8.78 Å². The van der Waals surface area contributed by atoms with E-state index in [1.54, 1.807) is 19.2 Å². The van der Waals surface area contributed by atoms with Crippen LogP contribution in [0.3, 0.4) is 0 Å². The van der Waals surface area contributed by atoms with Crippen molar-refractivity contribution in [1.82, 2.24) is 5.32 Å². The lowest BCUT2D eigenvalue weighted by molar-refractivity contribution is -0.0498. The maximum Gasteiger partial charge on any atom is 0.387 e. The summed E-state index contributed by atoms with van der Waals surface area (Å²) in [6.45, 7) is 2.71.